The van der Waals surface area contributed by atoms with Gasteiger partial charge in [0.25, 0.3) is 0 Å². The lowest BCUT2D eigenvalue weighted by Crippen LogP contribution is -2.28. The molecule has 4 nitrogen and oxygen atoms in total. The standard InChI is InChI=1S/C13H14ClFN4S/c1-2-19-6-5-10(18-19)8-16-13(20)17-9-3-4-12(15)11(14)7-9/h3-7H,2,8H2,1H3,(H2,16,17,20). The lowest BCUT2D eigenvalue weighted by atomic mass is 10.3. The minimum Gasteiger partial charge on any atom is -0.357 e. The summed E-state index contributed by atoms with van der Waals surface area (Å²) in [6.45, 7) is 3.37. The number of halogens is 2. The molecule has 0 spiro atoms. The second kappa shape index (κ2) is 6.67. The predicted octanol–water partition coefficient (Wildman–Crippen LogP) is 3.18. The summed E-state index contributed by atoms with van der Waals surface area (Å²) in [5.74, 6) is -0.457. The van der Waals surface area contributed by atoms with Crippen molar-refractivity contribution >= 4 is 34.6 Å². The summed E-state index contributed by atoms with van der Waals surface area (Å²) in [5, 5.41) is 10.8. The van der Waals surface area contributed by atoms with E-state index in [1.807, 2.05) is 23.9 Å². The van der Waals surface area contributed by atoms with Gasteiger partial charge in [0.15, 0.2) is 5.11 Å². The lowest BCUT2D eigenvalue weighted by Gasteiger charge is -2.10. The smallest absolute Gasteiger partial charge is 0.171 e. The number of nitrogens with zero attached hydrogens (tertiary/aromatic N) is 2. The van der Waals surface area contributed by atoms with E-state index in [0.717, 1.165) is 12.2 Å². The highest BCUT2D eigenvalue weighted by atomic mass is 35.5. The maximum atomic E-state index is 13.0. The molecule has 0 saturated carbocycles. The number of rotatable bonds is 4. The molecule has 0 saturated heterocycles. The molecule has 2 aromatic rings. The second-order valence-corrected chi connectivity index (χ2v) is 4.91. The van der Waals surface area contributed by atoms with Gasteiger partial charge in [0.2, 0.25) is 0 Å². The van der Waals surface area contributed by atoms with E-state index in [0.29, 0.717) is 17.3 Å². The Balaban J connectivity index is 1.87. The third kappa shape index (κ3) is 3.91. The number of thiocarbonyl (C=S) groups is 1. The van der Waals surface area contributed by atoms with Crippen LogP contribution in [0, 0.1) is 5.82 Å². The molecule has 0 aliphatic rings. The van der Waals surface area contributed by atoms with Crippen LogP contribution >= 0.6 is 23.8 Å². The molecule has 0 radical (unpaired) electrons. The molecular formula is C13H14ClFN4S. The third-order valence-electron chi connectivity index (χ3n) is 2.63. The van der Waals surface area contributed by atoms with Gasteiger partial charge in [-0.15, -0.1) is 0 Å². The van der Waals surface area contributed by atoms with Gasteiger partial charge in [-0.2, -0.15) is 5.10 Å². The largest absolute Gasteiger partial charge is 0.357 e. The molecule has 0 bridgehead atoms. The van der Waals surface area contributed by atoms with E-state index < -0.39 is 5.82 Å². The molecular weight excluding hydrogens is 299 g/mol. The van der Waals surface area contributed by atoms with Crippen molar-refractivity contribution in [1.29, 1.82) is 0 Å². The van der Waals surface area contributed by atoms with Gasteiger partial charge in [0, 0.05) is 18.4 Å². The fourth-order valence-electron chi connectivity index (χ4n) is 1.59. The Morgan fingerprint density at radius 2 is 2.25 bits per heavy atom. The molecule has 0 fully saturated rings. The molecule has 20 heavy (non-hydrogen) atoms. The Kier molecular flexibility index (Phi) is 4.92. The molecule has 0 unspecified atom stereocenters. The van der Waals surface area contributed by atoms with Crippen molar-refractivity contribution in [3.8, 4) is 0 Å². The number of hydrogen-bond acceptors (Lipinski definition) is 2. The summed E-state index contributed by atoms with van der Waals surface area (Å²) in [4.78, 5) is 0. The monoisotopic (exact) mass is 312 g/mol. The van der Waals surface area contributed by atoms with Gasteiger partial charge in [-0.3, -0.25) is 4.68 Å². The lowest BCUT2D eigenvalue weighted by molar-refractivity contribution is 0.628. The minimum atomic E-state index is -0.457. The van der Waals surface area contributed by atoms with Crippen molar-refractivity contribution < 1.29 is 4.39 Å². The average molecular weight is 313 g/mol. The number of anilines is 1. The van der Waals surface area contributed by atoms with Crippen molar-refractivity contribution in [2.75, 3.05) is 5.32 Å². The molecule has 2 rings (SSSR count). The number of aryl methyl sites for hydroxylation is 1. The number of benzene rings is 1. The summed E-state index contributed by atoms with van der Waals surface area (Å²) in [6, 6.07) is 6.27. The topological polar surface area (TPSA) is 41.9 Å². The first kappa shape index (κ1) is 14.7. The fourth-order valence-corrected chi connectivity index (χ4v) is 1.96. The van der Waals surface area contributed by atoms with E-state index in [9.17, 15) is 4.39 Å². The first-order chi connectivity index (χ1) is 9.58. The van der Waals surface area contributed by atoms with Gasteiger partial charge in [-0.25, -0.2) is 4.39 Å². The van der Waals surface area contributed by atoms with Crippen LogP contribution in [0.2, 0.25) is 5.02 Å². The van der Waals surface area contributed by atoms with E-state index in [1.54, 1.807) is 6.07 Å². The van der Waals surface area contributed by atoms with E-state index in [1.165, 1.54) is 12.1 Å². The normalized spacial score (nSPS) is 10.3. The molecule has 2 N–H and O–H groups in total. The zero-order valence-corrected chi connectivity index (χ0v) is 12.4. The number of nitrogens with one attached hydrogen (secondary N) is 2. The molecule has 0 atom stereocenters. The molecule has 1 aromatic carbocycles. The van der Waals surface area contributed by atoms with Crippen LogP contribution in [0.1, 0.15) is 12.6 Å². The summed E-state index contributed by atoms with van der Waals surface area (Å²) in [7, 11) is 0. The maximum absolute atomic E-state index is 13.0. The highest BCUT2D eigenvalue weighted by molar-refractivity contribution is 7.80. The van der Waals surface area contributed by atoms with Crippen LogP contribution in [-0.2, 0) is 13.1 Å². The van der Waals surface area contributed by atoms with E-state index in [2.05, 4.69) is 15.7 Å². The van der Waals surface area contributed by atoms with Crippen LogP contribution in [0.3, 0.4) is 0 Å². The van der Waals surface area contributed by atoms with Crippen LogP contribution in [0.5, 0.6) is 0 Å². The molecule has 1 heterocycles. The Labute approximate surface area is 126 Å². The molecule has 0 aliphatic heterocycles. The average Bonchev–Trinajstić information content (AvgIpc) is 2.89. The Morgan fingerprint density at radius 1 is 1.45 bits per heavy atom. The Morgan fingerprint density at radius 3 is 2.90 bits per heavy atom. The minimum absolute atomic E-state index is 0.0551. The SMILES string of the molecule is CCn1ccc(CNC(=S)Nc2ccc(F)c(Cl)c2)n1. The summed E-state index contributed by atoms with van der Waals surface area (Å²) >= 11 is 10.9. The Bertz CT molecular complexity index is 614. The molecule has 0 amide bonds. The van der Waals surface area contributed by atoms with Crippen molar-refractivity contribution in [3.05, 3.63) is 47.0 Å². The van der Waals surface area contributed by atoms with Crippen LogP contribution in [0.4, 0.5) is 10.1 Å². The Hall–Kier alpha value is -1.66. The maximum Gasteiger partial charge on any atom is 0.171 e. The third-order valence-corrected chi connectivity index (χ3v) is 3.16. The summed E-state index contributed by atoms with van der Waals surface area (Å²) in [5.41, 5.74) is 1.53. The zero-order valence-electron chi connectivity index (χ0n) is 10.9. The van der Waals surface area contributed by atoms with Gasteiger partial charge in [-0.05, 0) is 43.4 Å². The zero-order chi connectivity index (χ0) is 14.5. The number of hydrogen-bond donors (Lipinski definition) is 2. The van der Waals surface area contributed by atoms with Crippen molar-refractivity contribution in [3.63, 3.8) is 0 Å². The van der Waals surface area contributed by atoms with Crippen LogP contribution in [0.15, 0.2) is 30.5 Å². The number of aromatic nitrogens is 2. The summed E-state index contributed by atoms with van der Waals surface area (Å²) in [6.07, 6.45) is 1.91. The first-order valence-corrected chi connectivity index (χ1v) is 6.89. The molecule has 0 aliphatic carbocycles. The summed E-state index contributed by atoms with van der Waals surface area (Å²) < 4.78 is 14.9. The highest BCUT2D eigenvalue weighted by Crippen LogP contribution is 2.19. The van der Waals surface area contributed by atoms with Gasteiger partial charge < -0.3 is 10.6 Å². The fraction of sp³-hybridized carbons (Fsp3) is 0.231. The predicted molar refractivity (Wildman–Crippen MR) is 82.4 cm³/mol. The van der Waals surface area contributed by atoms with Crippen LogP contribution in [0.25, 0.3) is 0 Å². The molecule has 106 valence electrons. The van der Waals surface area contributed by atoms with Gasteiger partial charge in [0.05, 0.1) is 17.3 Å². The van der Waals surface area contributed by atoms with Crippen molar-refractivity contribution in [1.82, 2.24) is 15.1 Å². The van der Waals surface area contributed by atoms with E-state index in [4.69, 9.17) is 23.8 Å². The molecule has 1 aromatic heterocycles. The van der Waals surface area contributed by atoms with Gasteiger partial charge in [0.1, 0.15) is 5.82 Å². The van der Waals surface area contributed by atoms with Gasteiger partial charge in [-0.1, -0.05) is 11.6 Å². The van der Waals surface area contributed by atoms with E-state index in [-0.39, 0.29) is 5.02 Å². The highest BCUT2D eigenvalue weighted by Gasteiger charge is 2.03. The quantitative estimate of drug-likeness (QED) is 0.851. The molecule has 7 heteroatoms. The van der Waals surface area contributed by atoms with Crippen molar-refractivity contribution in [2.45, 2.75) is 20.0 Å². The second-order valence-electron chi connectivity index (χ2n) is 4.10. The first-order valence-electron chi connectivity index (χ1n) is 6.10. The van der Waals surface area contributed by atoms with Gasteiger partial charge >= 0.3 is 0 Å². The van der Waals surface area contributed by atoms with Crippen LogP contribution in [-0.4, -0.2) is 14.9 Å². The van der Waals surface area contributed by atoms with Crippen molar-refractivity contribution in [2.24, 2.45) is 0 Å². The van der Waals surface area contributed by atoms with E-state index >= 15 is 0 Å². The van der Waals surface area contributed by atoms with Crippen LogP contribution < -0.4 is 10.6 Å².